The molecule has 0 aromatic carbocycles. The van der Waals surface area contributed by atoms with Gasteiger partial charge in [0.15, 0.2) is 8.32 Å². The molecule has 114 valence electrons. The fourth-order valence-electron chi connectivity index (χ4n) is 1.22. The van der Waals surface area contributed by atoms with Gasteiger partial charge in [-0.05, 0) is 26.1 Å². The topological polar surface area (TPSA) is 54.0 Å². The first-order chi connectivity index (χ1) is 8.95. The second kappa shape index (κ2) is 11.4. The number of hydrogen-bond donors (Lipinski definition) is 0. The summed E-state index contributed by atoms with van der Waals surface area (Å²) >= 11 is 0. The Morgan fingerprint density at radius 3 is 1.95 bits per heavy atom. The highest BCUT2D eigenvalue weighted by molar-refractivity contribution is 6.69. The Morgan fingerprint density at radius 2 is 1.42 bits per heavy atom. The van der Waals surface area contributed by atoms with Crippen LogP contribution in [0.1, 0.15) is 19.8 Å². The van der Waals surface area contributed by atoms with Crippen LogP contribution in [0.25, 0.3) is 0 Å². The molecule has 5 nitrogen and oxygen atoms in total. The molecule has 0 heterocycles. The van der Waals surface area contributed by atoms with Crippen molar-refractivity contribution in [3.63, 3.8) is 0 Å². The molecule has 0 aromatic rings. The van der Waals surface area contributed by atoms with Gasteiger partial charge in [-0.3, -0.25) is 4.79 Å². The second-order valence-electron chi connectivity index (χ2n) is 5.16. The Balaban J connectivity index is 3.13. The molecule has 0 radical (unpaired) electrons. The van der Waals surface area contributed by atoms with Crippen molar-refractivity contribution in [2.24, 2.45) is 0 Å². The molecule has 0 rings (SSSR count). The Kier molecular flexibility index (Phi) is 11.1. The molecule has 0 bridgehead atoms. The lowest BCUT2D eigenvalue weighted by Crippen LogP contribution is -2.27. The summed E-state index contributed by atoms with van der Waals surface area (Å²) in [5.74, 6) is -0.161. The Hall–Kier alpha value is -0.433. The minimum absolute atomic E-state index is 0.161. The Bertz CT molecular complexity index is 228. The van der Waals surface area contributed by atoms with E-state index >= 15 is 0 Å². The van der Waals surface area contributed by atoms with Gasteiger partial charge in [0.05, 0.1) is 33.0 Å². The van der Waals surface area contributed by atoms with E-state index in [0.717, 1.165) is 6.42 Å². The molecule has 0 amide bonds. The van der Waals surface area contributed by atoms with Gasteiger partial charge in [0, 0.05) is 6.42 Å². The van der Waals surface area contributed by atoms with E-state index in [4.69, 9.17) is 18.6 Å². The summed E-state index contributed by atoms with van der Waals surface area (Å²) in [7, 11) is -1.42. The van der Waals surface area contributed by atoms with Crippen molar-refractivity contribution in [3.05, 3.63) is 0 Å². The minimum atomic E-state index is -1.42. The van der Waals surface area contributed by atoms with Gasteiger partial charge in [-0.2, -0.15) is 0 Å². The van der Waals surface area contributed by atoms with E-state index in [1.165, 1.54) is 0 Å². The van der Waals surface area contributed by atoms with Crippen molar-refractivity contribution in [1.82, 2.24) is 0 Å². The molecule has 0 fully saturated rings. The highest BCUT2D eigenvalue weighted by Gasteiger charge is 2.12. The zero-order valence-electron chi connectivity index (χ0n) is 12.7. The minimum Gasteiger partial charge on any atom is -0.463 e. The molecule has 0 aliphatic heterocycles. The third kappa shape index (κ3) is 15.5. The van der Waals surface area contributed by atoms with E-state index in [-0.39, 0.29) is 5.97 Å². The van der Waals surface area contributed by atoms with Gasteiger partial charge in [0.25, 0.3) is 0 Å². The van der Waals surface area contributed by atoms with Gasteiger partial charge in [0.1, 0.15) is 6.61 Å². The maximum atomic E-state index is 11.0. The maximum absolute atomic E-state index is 11.0. The van der Waals surface area contributed by atoms with Crippen LogP contribution in [-0.2, 0) is 23.4 Å². The van der Waals surface area contributed by atoms with E-state index in [9.17, 15) is 4.79 Å². The lowest BCUT2D eigenvalue weighted by Gasteiger charge is -2.16. The van der Waals surface area contributed by atoms with Crippen LogP contribution in [-0.4, -0.2) is 53.9 Å². The predicted molar refractivity (Wildman–Crippen MR) is 76.8 cm³/mol. The predicted octanol–water partition coefficient (Wildman–Crippen LogP) is 2.21. The average Bonchev–Trinajstić information content (AvgIpc) is 2.30. The number of ether oxygens (including phenoxy) is 3. The van der Waals surface area contributed by atoms with Gasteiger partial charge in [-0.1, -0.05) is 6.92 Å². The van der Waals surface area contributed by atoms with Crippen molar-refractivity contribution < 1.29 is 23.4 Å². The zero-order valence-corrected chi connectivity index (χ0v) is 13.7. The molecule has 0 atom stereocenters. The van der Waals surface area contributed by atoms with Crippen LogP contribution < -0.4 is 0 Å². The van der Waals surface area contributed by atoms with Crippen LogP contribution in [0.5, 0.6) is 0 Å². The lowest BCUT2D eigenvalue weighted by molar-refractivity contribution is -0.145. The molecule has 0 aliphatic rings. The van der Waals surface area contributed by atoms with E-state index < -0.39 is 8.32 Å². The molecular formula is C13H28O5Si. The summed E-state index contributed by atoms with van der Waals surface area (Å²) in [5.41, 5.74) is 0. The van der Waals surface area contributed by atoms with Crippen molar-refractivity contribution in [3.8, 4) is 0 Å². The summed E-state index contributed by atoms with van der Waals surface area (Å²) in [5, 5.41) is 0. The van der Waals surface area contributed by atoms with Crippen LogP contribution in [0.2, 0.25) is 19.6 Å². The summed E-state index contributed by atoms with van der Waals surface area (Å²) in [6, 6.07) is 0. The fraction of sp³-hybridized carbons (Fsp3) is 0.923. The molecule has 0 spiro atoms. The SMILES string of the molecule is CCCC(=O)OCCOCCOCCO[Si](C)(C)C. The second-order valence-corrected chi connectivity index (χ2v) is 9.67. The quantitative estimate of drug-likeness (QED) is 0.314. The number of hydrogen-bond acceptors (Lipinski definition) is 5. The first-order valence-corrected chi connectivity index (χ1v) is 10.3. The van der Waals surface area contributed by atoms with E-state index in [1.54, 1.807) is 0 Å². The summed E-state index contributed by atoms with van der Waals surface area (Å²) < 4.78 is 21.2. The van der Waals surface area contributed by atoms with Crippen LogP contribution in [0.4, 0.5) is 0 Å². The largest absolute Gasteiger partial charge is 0.463 e. The van der Waals surface area contributed by atoms with E-state index in [0.29, 0.717) is 46.1 Å². The highest BCUT2D eigenvalue weighted by Crippen LogP contribution is 2.01. The number of rotatable bonds is 12. The molecule has 0 N–H and O–H groups in total. The van der Waals surface area contributed by atoms with Gasteiger partial charge in [0.2, 0.25) is 0 Å². The molecule has 0 saturated heterocycles. The average molecular weight is 292 g/mol. The van der Waals surface area contributed by atoms with Crippen molar-refractivity contribution in [1.29, 1.82) is 0 Å². The van der Waals surface area contributed by atoms with E-state index in [1.807, 2.05) is 6.92 Å². The van der Waals surface area contributed by atoms with Crippen molar-refractivity contribution in [2.75, 3.05) is 39.6 Å². The molecule has 0 saturated carbocycles. The maximum Gasteiger partial charge on any atom is 0.305 e. The third-order valence-electron chi connectivity index (χ3n) is 2.08. The van der Waals surface area contributed by atoms with Crippen molar-refractivity contribution in [2.45, 2.75) is 39.4 Å². The third-order valence-corrected chi connectivity index (χ3v) is 3.15. The smallest absolute Gasteiger partial charge is 0.305 e. The van der Waals surface area contributed by atoms with Crippen LogP contribution in [0.3, 0.4) is 0 Å². The first-order valence-electron chi connectivity index (χ1n) is 6.91. The van der Waals surface area contributed by atoms with Gasteiger partial charge >= 0.3 is 5.97 Å². The lowest BCUT2D eigenvalue weighted by atomic mass is 10.3. The monoisotopic (exact) mass is 292 g/mol. The summed E-state index contributed by atoms with van der Waals surface area (Å²) in [4.78, 5) is 11.0. The molecule has 0 unspecified atom stereocenters. The zero-order chi connectivity index (χ0) is 14.6. The number of carbonyl (C=O) groups excluding carboxylic acids is 1. The number of carbonyl (C=O) groups is 1. The Morgan fingerprint density at radius 1 is 0.895 bits per heavy atom. The normalized spacial score (nSPS) is 11.6. The molecule has 19 heavy (non-hydrogen) atoms. The first kappa shape index (κ1) is 18.6. The standard InChI is InChI=1S/C13H28O5Si/c1-5-6-13(14)17-11-9-15-7-8-16-10-12-18-19(2,3)4/h5-12H2,1-4H3. The molecule has 0 aliphatic carbocycles. The van der Waals surface area contributed by atoms with Crippen molar-refractivity contribution >= 4 is 14.3 Å². The molecular weight excluding hydrogens is 264 g/mol. The van der Waals surface area contributed by atoms with Gasteiger partial charge in [-0.25, -0.2) is 0 Å². The van der Waals surface area contributed by atoms with E-state index in [2.05, 4.69) is 19.6 Å². The molecule has 6 heteroatoms. The molecule has 0 aromatic heterocycles. The Labute approximate surface area is 117 Å². The fourth-order valence-corrected chi connectivity index (χ4v) is 1.92. The van der Waals surface area contributed by atoms with Crippen LogP contribution >= 0.6 is 0 Å². The highest BCUT2D eigenvalue weighted by atomic mass is 28.4. The van der Waals surface area contributed by atoms with Crippen LogP contribution in [0, 0.1) is 0 Å². The summed E-state index contributed by atoms with van der Waals surface area (Å²) in [6.07, 6.45) is 1.28. The summed E-state index contributed by atoms with van der Waals surface area (Å²) in [6.45, 7) is 11.4. The van der Waals surface area contributed by atoms with Crippen LogP contribution in [0.15, 0.2) is 0 Å². The van der Waals surface area contributed by atoms with Gasteiger partial charge < -0.3 is 18.6 Å². The number of esters is 1. The van der Waals surface area contributed by atoms with Gasteiger partial charge in [-0.15, -0.1) is 0 Å².